The highest BCUT2D eigenvalue weighted by atomic mass is 32.2. The van der Waals surface area contributed by atoms with Crippen molar-refractivity contribution in [3.05, 3.63) is 29.3 Å². The molecule has 1 aromatic carbocycles. The number of amides is 1. The molecule has 17 heavy (non-hydrogen) atoms. The molecule has 1 atom stereocenters. The van der Waals surface area contributed by atoms with Crippen molar-refractivity contribution in [1.29, 1.82) is 0 Å². The van der Waals surface area contributed by atoms with Gasteiger partial charge in [0.2, 0.25) is 5.91 Å². The van der Waals surface area contributed by atoms with E-state index in [2.05, 4.69) is 25.1 Å². The first-order valence-electron chi connectivity index (χ1n) is 6.14. The summed E-state index contributed by atoms with van der Waals surface area (Å²) in [6.07, 6.45) is 2.81. The zero-order valence-electron chi connectivity index (χ0n) is 10.3. The van der Waals surface area contributed by atoms with E-state index in [9.17, 15) is 4.79 Å². The number of carbonyl (C=O) groups excluding carboxylic acids is 1. The fourth-order valence-corrected chi connectivity index (χ4v) is 3.73. The molecule has 90 valence electrons. The second-order valence-corrected chi connectivity index (χ2v) is 6.72. The van der Waals surface area contributed by atoms with Crippen molar-refractivity contribution in [1.82, 2.24) is 0 Å². The fraction of sp³-hybridized carbons (Fsp3) is 0.500. The average Bonchev–Trinajstić information content (AvgIpc) is 2.30. The second-order valence-electron chi connectivity index (χ2n) is 5.13. The van der Waals surface area contributed by atoms with Gasteiger partial charge in [0.1, 0.15) is 0 Å². The molecule has 3 rings (SSSR count). The molecule has 1 saturated heterocycles. The zero-order valence-corrected chi connectivity index (χ0v) is 11.1. The van der Waals surface area contributed by atoms with Crippen LogP contribution in [0.1, 0.15) is 30.9 Å². The van der Waals surface area contributed by atoms with Gasteiger partial charge in [0.25, 0.3) is 0 Å². The topological polar surface area (TPSA) is 20.3 Å². The van der Waals surface area contributed by atoms with Crippen molar-refractivity contribution in [2.24, 2.45) is 0 Å². The van der Waals surface area contributed by atoms with Crippen LogP contribution in [0.15, 0.2) is 18.2 Å². The molecule has 2 nitrogen and oxygen atoms in total. The fourth-order valence-electron chi connectivity index (χ4n) is 2.62. The van der Waals surface area contributed by atoms with Gasteiger partial charge in [-0.25, -0.2) is 0 Å². The van der Waals surface area contributed by atoms with Crippen LogP contribution in [-0.2, 0) is 16.0 Å². The van der Waals surface area contributed by atoms with Crippen molar-refractivity contribution < 1.29 is 4.79 Å². The van der Waals surface area contributed by atoms with Crippen molar-refractivity contribution in [3.63, 3.8) is 0 Å². The van der Waals surface area contributed by atoms with Gasteiger partial charge in [-0.3, -0.25) is 4.79 Å². The van der Waals surface area contributed by atoms with Crippen molar-refractivity contribution in [2.75, 3.05) is 17.7 Å². The van der Waals surface area contributed by atoms with E-state index in [4.69, 9.17) is 0 Å². The van der Waals surface area contributed by atoms with Crippen molar-refractivity contribution in [3.8, 4) is 0 Å². The molecule has 0 N–H and O–H groups in total. The maximum Gasteiger partial charge on any atom is 0.227 e. The maximum atomic E-state index is 11.6. The van der Waals surface area contributed by atoms with Crippen LogP contribution in [0.5, 0.6) is 0 Å². The Balaban J connectivity index is 2.00. The van der Waals surface area contributed by atoms with E-state index in [-0.39, 0.29) is 5.91 Å². The Kier molecular flexibility index (Phi) is 2.47. The summed E-state index contributed by atoms with van der Waals surface area (Å²) in [6.45, 7) is 2.32. The average molecular weight is 247 g/mol. The summed E-state index contributed by atoms with van der Waals surface area (Å²) in [4.78, 5) is 13.4. The molecule has 0 saturated carbocycles. The Bertz CT molecular complexity index is 479. The molecule has 0 spiro atoms. The molecule has 2 heterocycles. The first kappa shape index (κ1) is 11.1. The Hall–Kier alpha value is -0.960. The van der Waals surface area contributed by atoms with Gasteiger partial charge >= 0.3 is 0 Å². The van der Waals surface area contributed by atoms with Gasteiger partial charge < -0.3 is 4.90 Å². The van der Waals surface area contributed by atoms with Crippen LogP contribution in [0.25, 0.3) is 0 Å². The molecule has 0 bridgehead atoms. The number of hydrogen-bond acceptors (Lipinski definition) is 2. The minimum absolute atomic E-state index is 0.231. The summed E-state index contributed by atoms with van der Waals surface area (Å²) in [5.74, 6) is 1.50. The summed E-state index contributed by atoms with van der Waals surface area (Å²) < 4.78 is 0.315. The number of rotatable bonds is 1. The minimum atomic E-state index is 0.231. The van der Waals surface area contributed by atoms with E-state index >= 15 is 0 Å². The van der Waals surface area contributed by atoms with E-state index in [0.29, 0.717) is 11.2 Å². The molecular formula is C14H17NOS. The molecule has 1 aromatic rings. The molecule has 1 unspecified atom stereocenters. The van der Waals surface area contributed by atoms with Gasteiger partial charge in [-0.05, 0) is 42.7 Å². The maximum absolute atomic E-state index is 11.6. The minimum Gasteiger partial charge on any atom is -0.315 e. The summed E-state index contributed by atoms with van der Waals surface area (Å²) >= 11 is 2.03. The predicted molar refractivity (Wildman–Crippen MR) is 72.6 cm³/mol. The molecule has 3 heteroatoms. The Morgan fingerprint density at radius 3 is 2.76 bits per heavy atom. The van der Waals surface area contributed by atoms with Crippen LogP contribution >= 0.6 is 11.8 Å². The number of hydrogen-bond donors (Lipinski definition) is 0. The van der Waals surface area contributed by atoms with E-state index in [1.165, 1.54) is 23.3 Å². The summed E-state index contributed by atoms with van der Waals surface area (Å²) in [6, 6.07) is 6.62. The molecule has 1 fully saturated rings. The van der Waals surface area contributed by atoms with Crippen LogP contribution in [0, 0.1) is 0 Å². The quantitative estimate of drug-likeness (QED) is 0.760. The molecule has 0 aliphatic carbocycles. The molecule has 0 aromatic heterocycles. The van der Waals surface area contributed by atoms with Gasteiger partial charge in [0.05, 0.1) is 0 Å². The monoisotopic (exact) mass is 247 g/mol. The van der Waals surface area contributed by atoms with E-state index in [1.807, 2.05) is 18.8 Å². The molecule has 2 aliphatic heterocycles. The zero-order chi connectivity index (χ0) is 12.0. The van der Waals surface area contributed by atoms with Gasteiger partial charge in [-0.15, -0.1) is 0 Å². The number of thioether (sulfide) groups is 1. The molecule has 1 amide bonds. The van der Waals surface area contributed by atoms with Crippen LogP contribution in [-0.4, -0.2) is 18.7 Å². The number of anilines is 1. The van der Waals surface area contributed by atoms with Crippen molar-refractivity contribution >= 4 is 23.4 Å². The number of benzene rings is 1. The lowest BCUT2D eigenvalue weighted by atomic mass is 9.91. The van der Waals surface area contributed by atoms with Crippen LogP contribution in [0.2, 0.25) is 0 Å². The third-order valence-corrected chi connectivity index (χ3v) is 5.52. The number of carbonyl (C=O) groups is 1. The Labute approximate surface area is 106 Å². The van der Waals surface area contributed by atoms with Crippen LogP contribution < -0.4 is 4.90 Å². The second kappa shape index (κ2) is 3.77. The lowest BCUT2D eigenvalue weighted by Crippen LogP contribution is -2.32. The van der Waals surface area contributed by atoms with Gasteiger partial charge in [0.15, 0.2) is 0 Å². The highest BCUT2D eigenvalue weighted by molar-refractivity contribution is 8.01. The van der Waals surface area contributed by atoms with Gasteiger partial charge in [-0.1, -0.05) is 12.1 Å². The van der Waals surface area contributed by atoms with Crippen LogP contribution in [0.3, 0.4) is 0 Å². The molecular weight excluding hydrogens is 230 g/mol. The van der Waals surface area contributed by atoms with E-state index in [1.54, 1.807) is 4.90 Å². The van der Waals surface area contributed by atoms with Gasteiger partial charge in [0, 0.05) is 23.9 Å². The lowest BCUT2D eigenvalue weighted by molar-refractivity contribution is -0.118. The number of fused-ring (bicyclic) bond motifs is 1. The smallest absolute Gasteiger partial charge is 0.227 e. The Morgan fingerprint density at radius 1 is 1.35 bits per heavy atom. The molecule has 2 aliphatic rings. The molecule has 0 radical (unpaired) electrons. The third-order valence-electron chi connectivity index (χ3n) is 4.03. The predicted octanol–water partition coefficient (Wildman–Crippen LogP) is 2.95. The van der Waals surface area contributed by atoms with E-state index < -0.39 is 0 Å². The third kappa shape index (κ3) is 1.68. The number of nitrogens with zero attached hydrogens (tertiary/aromatic N) is 1. The number of aryl methyl sites for hydroxylation is 1. The highest BCUT2D eigenvalue weighted by Gasteiger charge is 2.35. The van der Waals surface area contributed by atoms with Crippen molar-refractivity contribution in [2.45, 2.75) is 30.9 Å². The van der Waals surface area contributed by atoms with Crippen LogP contribution in [0.4, 0.5) is 5.69 Å². The lowest BCUT2D eigenvalue weighted by Gasteiger charge is -2.39. The van der Waals surface area contributed by atoms with E-state index in [0.717, 1.165) is 12.1 Å². The largest absolute Gasteiger partial charge is 0.315 e. The first-order valence-corrected chi connectivity index (χ1v) is 7.13. The first-order chi connectivity index (χ1) is 8.10. The summed E-state index contributed by atoms with van der Waals surface area (Å²) in [5.41, 5.74) is 3.85. The Morgan fingerprint density at radius 2 is 2.12 bits per heavy atom. The normalized spacial score (nSPS) is 27.6. The SMILES string of the molecule is CN1C(=O)CCc2cc(C3(C)CCS3)ccc21. The summed E-state index contributed by atoms with van der Waals surface area (Å²) in [5, 5.41) is 0. The summed E-state index contributed by atoms with van der Waals surface area (Å²) in [7, 11) is 1.87. The highest BCUT2D eigenvalue weighted by Crippen LogP contribution is 2.49. The standard InChI is InChI=1S/C14H17NOS/c1-14(7-8-17-14)11-4-5-12-10(9-11)3-6-13(16)15(12)2/h4-5,9H,3,6-8H2,1-2H3. The van der Waals surface area contributed by atoms with Gasteiger partial charge in [-0.2, -0.15) is 11.8 Å².